The summed E-state index contributed by atoms with van der Waals surface area (Å²) in [7, 11) is 0. The number of ether oxygens (including phenoxy) is 2. The van der Waals surface area contributed by atoms with Gasteiger partial charge in [-0.25, -0.2) is 4.98 Å². The van der Waals surface area contributed by atoms with Crippen molar-refractivity contribution in [3.05, 3.63) is 29.5 Å². The fourth-order valence-electron chi connectivity index (χ4n) is 3.51. The second-order valence-corrected chi connectivity index (χ2v) is 7.44. The van der Waals surface area contributed by atoms with Crippen molar-refractivity contribution in [1.29, 1.82) is 0 Å². The van der Waals surface area contributed by atoms with E-state index in [0.717, 1.165) is 61.3 Å². The Balaban J connectivity index is 1.64. The molecule has 1 aromatic heterocycles. The first-order valence-electron chi connectivity index (χ1n) is 10.3. The van der Waals surface area contributed by atoms with Crippen LogP contribution in [-0.4, -0.2) is 47.7 Å². The number of rotatable bonds is 8. The van der Waals surface area contributed by atoms with Crippen LogP contribution in [0.15, 0.2) is 18.2 Å². The molecule has 0 unspecified atom stereocenters. The standard InChI is InChI=1S/C22H27N5O2/c1-3-15-7-10-18(19(12-15)29-14-28-4-2)21-20(16-8-9-16)25-22(27-26-21)24-17-6-5-11-23-13-17/h1,7,10,12,16-17,23H,4-6,8-9,11,13-14H2,2H3,(H,24,25,27)/t17-/m1/s1. The Morgan fingerprint density at radius 1 is 1.28 bits per heavy atom. The van der Waals surface area contributed by atoms with Crippen molar-refractivity contribution in [2.24, 2.45) is 0 Å². The molecule has 2 heterocycles. The molecule has 0 amide bonds. The maximum absolute atomic E-state index is 5.84. The van der Waals surface area contributed by atoms with E-state index in [4.69, 9.17) is 20.9 Å². The molecule has 29 heavy (non-hydrogen) atoms. The van der Waals surface area contributed by atoms with E-state index in [1.165, 1.54) is 0 Å². The van der Waals surface area contributed by atoms with E-state index in [9.17, 15) is 0 Å². The Labute approximate surface area is 171 Å². The minimum absolute atomic E-state index is 0.158. The molecule has 2 aliphatic rings. The van der Waals surface area contributed by atoms with Crippen LogP contribution in [0.3, 0.4) is 0 Å². The fourth-order valence-corrected chi connectivity index (χ4v) is 3.51. The summed E-state index contributed by atoms with van der Waals surface area (Å²) in [5.74, 6) is 4.31. The van der Waals surface area contributed by atoms with Crippen LogP contribution in [0, 0.1) is 12.3 Å². The second kappa shape index (κ2) is 9.21. The number of piperidine rings is 1. The lowest BCUT2D eigenvalue weighted by Gasteiger charge is -2.24. The van der Waals surface area contributed by atoms with Crippen LogP contribution >= 0.6 is 0 Å². The quantitative estimate of drug-likeness (QED) is 0.405. The molecule has 1 saturated carbocycles. The van der Waals surface area contributed by atoms with Crippen molar-refractivity contribution in [2.45, 2.75) is 44.6 Å². The number of terminal acetylenes is 1. The average molecular weight is 393 g/mol. The fraction of sp³-hybridized carbons (Fsp3) is 0.500. The number of nitrogens with zero attached hydrogens (tertiary/aromatic N) is 3. The zero-order chi connectivity index (χ0) is 20.1. The van der Waals surface area contributed by atoms with E-state index in [1.807, 2.05) is 25.1 Å². The Morgan fingerprint density at radius 3 is 2.90 bits per heavy atom. The highest BCUT2D eigenvalue weighted by molar-refractivity contribution is 5.71. The monoisotopic (exact) mass is 393 g/mol. The summed E-state index contributed by atoms with van der Waals surface area (Å²) in [6, 6.07) is 6.00. The molecule has 1 aliphatic heterocycles. The molecule has 2 aromatic rings. The number of hydrogen-bond acceptors (Lipinski definition) is 7. The van der Waals surface area contributed by atoms with Gasteiger partial charge in [0.05, 0.1) is 5.69 Å². The summed E-state index contributed by atoms with van der Waals surface area (Å²) in [6.07, 6.45) is 10.1. The Hall–Kier alpha value is -2.69. The summed E-state index contributed by atoms with van der Waals surface area (Å²) in [5.41, 5.74) is 3.32. The molecule has 0 spiro atoms. The van der Waals surface area contributed by atoms with Crippen molar-refractivity contribution in [1.82, 2.24) is 20.5 Å². The molecular weight excluding hydrogens is 366 g/mol. The van der Waals surface area contributed by atoms with Gasteiger partial charge in [-0.05, 0) is 57.4 Å². The Kier molecular flexibility index (Phi) is 6.23. The van der Waals surface area contributed by atoms with Gasteiger partial charge in [0.15, 0.2) is 6.79 Å². The van der Waals surface area contributed by atoms with E-state index < -0.39 is 0 Å². The van der Waals surface area contributed by atoms with Crippen LogP contribution in [0.4, 0.5) is 5.95 Å². The minimum Gasteiger partial charge on any atom is -0.467 e. The van der Waals surface area contributed by atoms with Gasteiger partial charge in [0, 0.05) is 36.2 Å². The summed E-state index contributed by atoms with van der Waals surface area (Å²) in [4.78, 5) is 4.85. The first-order chi connectivity index (χ1) is 14.3. The van der Waals surface area contributed by atoms with Crippen molar-refractivity contribution in [3.8, 4) is 29.4 Å². The highest BCUT2D eigenvalue weighted by Gasteiger charge is 2.31. The molecule has 152 valence electrons. The molecule has 2 fully saturated rings. The van der Waals surface area contributed by atoms with Gasteiger partial charge in [0.1, 0.15) is 11.4 Å². The van der Waals surface area contributed by atoms with E-state index in [0.29, 0.717) is 30.3 Å². The minimum atomic E-state index is 0.158. The lowest BCUT2D eigenvalue weighted by molar-refractivity contribution is 0.0227. The van der Waals surface area contributed by atoms with Crippen LogP contribution < -0.4 is 15.4 Å². The molecule has 0 radical (unpaired) electrons. The van der Waals surface area contributed by atoms with Gasteiger partial charge in [-0.1, -0.05) is 5.92 Å². The topological polar surface area (TPSA) is 81.2 Å². The predicted molar refractivity (Wildman–Crippen MR) is 112 cm³/mol. The van der Waals surface area contributed by atoms with Gasteiger partial charge in [-0.2, -0.15) is 0 Å². The summed E-state index contributed by atoms with van der Waals surface area (Å²) >= 11 is 0. The van der Waals surface area contributed by atoms with Crippen LogP contribution in [0.2, 0.25) is 0 Å². The molecule has 7 heteroatoms. The molecular formula is C22H27N5O2. The number of nitrogens with one attached hydrogen (secondary N) is 2. The molecule has 1 aromatic carbocycles. The van der Waals surface area contributed by atoms with Gasteiger partial charge >= 0.3 is 0 Å². The summed E-state index contributed by atoms with van der Waals surface area (Å²) in [5, 5.41) is 15.8. The predicted octanol–water partition coefficient (Wildman–Crippen LogP) is 2.93. The zero-order valence-corrected chi connectivity index (χ0v) is 16.8. The molecule has 2 N–H and O–H groups in total. The van der Waals surface area contributed by atoms with Gasteiger partial charge in [0.2, 0.25) is 5.95 Å². The van der Waals surface area contributed by atoms with Gasteiger partial charge in [-0.3, -0.25) is 0 Å². The number of aromatic nitrogens is 3. The molecule has 1 saturated heterocycles. The van der Waals surface area contributed by atoms with E-state index in [1.54, 1.807) is 0 Å². The second-order valence-electron chi connectivity index (χ2n) is 7.44. The van der Waals surface area contributed by atoms with E-state index in [-0.39, 0.29) is 6.79 Å². The molecule has 1 aliphatic carbocycles. The van der Waals surface area contributed by atoms with Crippen molar-refractivity contribution >= 4 is 5.95 Å². The van der Waals surface area contributed by atoms with Crippen molar-refractivity contribution in [2.75, 3.05) is 31.8 Å². The van der Waals surface area contributed by atoms with Crippen LogP contribution in [-0.2, 0) is 4.74 Å². The van der Waals surface area contributed by atoms with Crippen LogP contribution in [0.1, 0.15) is 49.8 Å². The lowest BCUT2D eigenvalue weighted by atomic mass is 10.0. The first kappa shape index (κ1) is 19.6. The number of hydrogen-bond donors (Lipinski definition) is 2. The first-order valence-corrected chi connectivity index (χ1v) is 10.3. The largest absolute Gasteiger partial charge is 0.467 e. The van der Waals surface area contributed by atoms with Gasteiger partial charge < -0.3 is 20.1 Å². The third-order valence-corrected chi connectivity index (χ3v) is 5.21. The SMILES string of the molecule is C#Cc1ccc(-c2nnc(N[C@@H]3CCCNC3)nc2C2CC2)c(OCOCC)c1. The van der Waals surface area contributed by atoms with Crippen molar-refractivity contribution in [3.63, 3.8) is 0 Å². The normalized spacial score (nSPS) is 18.8. The van der Waals surface area contributed by atoms with E-state index >= 15 is 0 Å². The maximum Gasteiger partial charge on any atom is 0.243 e. The Bertz CT molecular complexity index is 885. The Morgan fingerprint density at radius 2 is 2.17 bits per heavy atom. The summed E-state index contributed by atoms with van der Waals surface area (Å²) in [6.45, 7) is 4.66. The lowest BCUT2D eigenvalue weighted by Crippen LogP contribution is -2.39. The molecule has 7 nitrogen and oxygen atoms in total. The summed E-state index contributed by atoms with van der Waals surface area (Å²) < 4.78 is 11.2. The maximum atomic E-state index is 5.84. The third-order valence-electron chi connectivity index (χ3n) is 5.21. The van der Waals surface area contributed by atoms with E-state index in [2.05, 4.69) is 26.8 Å². The zero-order valence-electron chi connectivity index (χ0n) is 16.8. The smallest absolute Gasteiger partial charge is 0.243 e. The molecule has 0 bridgehead atoms. The van der Waals surface area contributed by atoms with Crippen LogP contribution in [0.5, 0.6) is 5.75 Å². The molecule has 1 atom stereocenters. The van der Waals surface area contributed by atoms with Crippen molar-refractivity contribution < 1.29 is 9.47 Å². The number of benzene rings is 1. The van der Waals surface area contributed by atoms with Crippen LogP contribution in [0.25, 0.3) is 11.3 Å². The highest BCUT2D eigenvalue weighted by Crippen LogP contribution is 2.44. The average Bonchev–Trinajstić information content (AvgIpc) is 3.60. The van der Waals surface area contributed by atoms with Gasteiger partial charge in [-0.15, -0.1) is 16.6 Å². The van der Waals surface area contributed by atoms with Gasteiger partial charge in [0.25, 0.3) is 0 Å². The molecule has 4 rings (SSSR count). The number of anilines is 1. The highest BCUT2D eigenvalue weighted by atomic mass is 16.7. The third kappa shape index (κ3) is 4.84.